The van der Waals surface area contributed by atoms with Crippen LogP contribution in [0.25, 0.3) is 0 Å². The molecule has 0 radical (unpaired) electrons. The Hall–Kier alpha value is -1.39. The van der Waals surface area contributed by atoms with Crippen molar-refractivity contribution in [3.05, 3.63) is 36.6 Å². The van der Waals surface area contributed by atoms with Crippen molar-refractivity contribution < 1.29 is 4.79 Å². The van der Waals surface area contributed by atoms with Crippen LogP contribution in [-0.2, 0) is 4.79 Å². The third-order valence-electron chi connectivity index (χ3n) is 1.35. The molecule has 0 fully saturated rings. The van der Waals surface area contributed by atoms with Crippen LogP contribution in [0.1, 0.15) is 6.92 Å². The molecule has 0 aliphatic carbocycles. The first kappa shape index (κ1) is 12.6. The van der Waals surface area contributed by atoms with Crippen LogP contribution in [0, 0.1) is 0 Å². The van der Waals surface area contributed by atoms with Gasteiger partial charge < -0.3 is 5.32 Å². The molecule has 0 saturated heterocycles. The van der Waals surface area contributed by atoms with Gasteiger partial charge in [-0.05, 0) is 19.2 Å². The SMILES string of the molecule is C=C/C(=C\C=C/CNNC)NC(C)=O. The molecule has 0 aliphatic heterocycles. The fourth-order valence-corrected chi connectivity index (χ4v) is 0.765. The van der Waals surface area contributed by atoms with Crippen LogP contribution in [0.4, 0.5) is 0 Å². The Morgan fingerprint density at radius 3 is 2.71 bits per heavy atom. The minimum atomic E-state index is -0.0992. The van der Waals surface area contributed by atoms with Crippen LogP contribution in [0.3, 0.4) is 0 Å². The third kappa shape index (κ3) is 7.27. The molecule has 0 rings (SSSR count). The summed E-state index contributed by atoms with van der Waals surface area (Å²) in [5.74, 6) is -0.0992. The second-order valence-electron chi connectivity index (χ2n) is 2.57. The first-order valence-corrected chi connectivity index (χ1v) is 4.37. The predicted molar refractivity (Wildman–Crippen MR) is 58.3 cm³/mol. The van der Waals surface area contributed by atoms with E-state index in [2.05, 4.69) is 22.7 Å². The Morgan fingerprint density at radius 2 is 2.21 bits per heavy atom. The number of hydrogen-bond acceptors (Lipinski definition) is 3. The van der Waals surface area contributed by atoms with E-state index in [1.54, 1.807) is 19.2 Å². The first-order chi connectivity index (χ1) is 6.70. The van der Waals surface area contributed by atoms with E-state index in [1.165, 1.54) is 6.92 Å². The predicted octanol–water partition coefficient (Wildman–Crippen LogP) is 0.473. The summed E-state index contributed by atoms with van der Waals surface area (Å²) in [6, 6.07) is 0. The molecular formula is C10H17N3O. The summed E-state index contributed by atoms with van der Waals surface area (Å²) in [7, 11) is 1.80. The highest BCUT2D eigenvalue weighted by molar-refractivity contribution is 5.75. The van der Waals surface area contributed by atoms with Crippen molar-refractivity contribution in [1.82, 2.24) is 16.2 Å². The van der Waals surface area contributed by atoms with Gasteiger partial charge in [0.05, 0.1) is 0 Å². The van der Waals surface area contributed by atoms with E-state index in [-0.39, 0.29) is 5.91 Å². The summed E-state index contributed by atoms with van der Waals surface area (Å²) in [4.78, 5) is 10.7. The van der Waals surface area contributed by atoms with Crippen LogP contribution in [0.15, 0.2) is 36.6 Å². The molecule has 4 heteroatoms. The molecule has 0 unspecified atom stereocenters. The smallest absolute Gasteiger partial charge is 0.221 e. The second kappa shape index (κ2) is 8.22. The average molecular weight is 195 g/mol. The molecule has 0 aliphatic rings. The Kier molecular flexibility index (Phi) is 7.40. The lowest BCUT2D eigenvalue weighted by Gasteiger charge is -1.99. The van der Waals surface area contributed by atoms with Crippen LogP contribution in [0.5, 0.6) is 0 Å². The number of carbonyl (C=O) groups excluding carboxylic acids is 1. The Morgan fingerprint density at radius 1 is 1.50 bits per heavy atom. The summed E-state index contributed by atoms with van der Waals surface area (Å²) in [6.45, 7) is 5.77. The highest BCUT2D eigenvalue weighted by Gasteiger charge is 1.91. The Labute approximate surface area is 84.7 Å². The molecule has 0 heterocycles. The van der Waals surface area contributed by atoms with Crippen molar-refractivity contribution in [2.45, 2.75) is 6.92 Å². The number of rotatable bonds is 6. The van der Waals surface area contributed by atoms with Crippen LogP contribution >= 0.6 is 0 Å². The summed E-state index contributed by atoms with van der Waals surface area (Å²) in [6.07, 6.45) is 7.14. The van der Waals surface area contributed by atoms with Gasteiger partial charge in [-0.1, -0.05) is 18.7 Å². The Balaban J connectivity index is 3.97. The maximum atomic E-state index is 10.7. The molecular weight excluding hydrogens is 178 g/mol. The van der Waals surface area contributed by atoms with E-state index >= 15 is 0 Å². The largest absolute Gasteiger partial charge is 0.326 e. The molecule has 78 valence electrons. The fourth-order valence-electron chi connectivity index (χ4n) is 0.765. The molecule has 0 aromatic heterocycles. The lowest BCUT2D eigenvalue weighted by atomic mass is 10.3. The van der Waals surface area contributed by atoms with E-state index in [0.29, 0.717) is 5.70 Å². The first-order valence-electron chi connectivity index (χ1n) is 4.37. The van der Waals surface area contributed by atoms with Gasteiger partial charge in [0, 0.05) is 19.2 Å². The topological polar surface area (TPSA) is 53.2 Å². The van der Waals surface area contributed by atoms with Crippen LogP contribution < -0.4 is 16.2 Å². The normalized spacial score (nSPS) is 11.7. The number of hydrogen-bond donors (Lipinski definition) is 3. The van der Waals surface area contributed by atoms with Gasteiger partial charge >= 0.3 is 0 Å². The molecule has 14 heavy (non-hydrogen) atoms. The molecule has 3 N–H and O–H groups in total. The zero-order chi connectivity index (χ0) is 10.8. The zero-order valence-corrected chi connectivity index (χ0v) is 8.63. The molecule has 0 aromatic rings. The minimum Gasteiger partial charge on any atom is -0.326 e. The van der Waals surface area contributed by atoms with Gasteiger partial charge in [-0.25, -0.2) is 0 Å². The summed E-state index contributed by atoms with van der Waals surface area (Å²) in [5, 5.41) is 2.64. The maximum absolute atomic E-state index is 10.7. The number of carbonyl (C=O) groups is 1. The van der Waals surface area contributed by atoms with Gasteiger partial charge in [-0.2, -0.15) is 0 Å². The molecule has 4 nitrogen and oxygen atoms in total. The van der Waals surface area contributed by atoms with E-state index in [4.69, 9.17) is 0 Å². The zero-order valence-electron chi connectivity index (χ0n) is 8.63. The third-order valence-corrected chi connectivity index (χ3v) is 1.35. The van der Waals surface area contributed by atoms with E-state index < -0.39 is 0 Å². The second-order valence-corrected chi connectivity index (χ2v) is 2.57. The number of hydrazine groups is 1. The average Bonchev–Trinajstić information content (AvgIpc) is 2.15. The molecule has 0 spiro atoms. The lowest BCUT2D eigenvalue weighted by Crippen LogP contribution is -2.27. The fraction of sp³-hybridized carbons (Fsp3) is 0.300. The van der Waals surface area contributed by atoms with Crippen molar-refractivity contribution >= 4 is 5.91 Å². The number of allylic oxidation sites excluding steroid dienone is 3. The lowest BCUT2D eigenvalue weighted by molar-refractivity contribution is -0.118. The summed E-state index contributed by atoms with van der Waals surface area (Å²) >= 11 is 0. The quantitative estimate of drug-likeness (QED) is 0.328. The standard InChI is InChI=1S/C10H17N3O/c1-4-10(13-9(2)14)7-5-6-8-12-11-3/h4-7,11-12H,1,8H2,2-3H3,(H,13,14)/b6-5-,10-7+. The van der Waals surface area contributed by atoms with Crippen molar-refractivity contribution in [2.75, 3.05) is 13.6 Å². The van der Waals surface area contributed by atoms with Crippen molar-refractivity contribution in [1.29, 1.82) is 0 Å². The van der Waals surface area contributed by atoms with Gasteiger partial charge in [0.15, 0.2) is 0 Å². The molecule has 0 aromatic carbocycles. The van der Waals surface area contributed by atoms with Crippen LogP contribution in [0.2, 0.25) is 0 Å². The molecule has 0 atom stereocenters. The van der Waals surface area contributed by atoms with Crippen molar-refractivity contribution in [3.63, 3.8) is 0 Å². The van der Waals surface area contributed by atoms with Crippen molar-refractivity contribution in [2.24, 2.45) is 0 Å². The van der Waals surface area contributed by atoms with E-state index in [0.717, 1.165) is 6.54 Å². The molecule has 0 bridgehead atoms. The number of nitrogens with one attached hydrogen (secondary N) is 3. The van der Waals surface area contributed by atoms with E-state index in [1.807, 2.05) is 12.2 Å². The Bertz CT molecular complexity index is 244. The van der Waals surface area contributed by atoms with Gasteiger partial charge in [0.1, 0.15) is 0 Å². The molecule has 0 saturated carbocycles. The van der Waals surface area contributed by atoms with Gasteiger partial charge in [-0.15, -0.1) is 0 Å². The van der Waals surface area contributed by atoms with Crippen LogP contribution in [-0.4, -0.2) is 19.5 Å². The summed E-state index contributed by atoms with van der Waals surface area (Å²) < 4.78 is 0. The maximum Gasteiger partial charge on any atom is 0.221 e. The van der Waals surface area contributed by atoms with Gasteiger partial charge in [-0.3, -0.25) is 15.6 Å². The highest BCUT2D eigenvalue weighted by atomic mass is 16.1. The van der Waals surface area contributed by atoms with E-state index in [9.17, 15) is 4.79 Å². The van der Waals surface area contributed by atoms with Crippen molar-refractivity contribution in [3.8, 4) is 0 Å². The van der Waals surface area contributed by atoms with Gasteiger partial charge in [0.25, 0.3) is 0 Å². The summed E-state index contributed by atoms with van der Waals surface area (Å²) in [5.41, 5.74) is 6.38. The monoisotopic (exact) mass is 195 g/mol. The highest BCUT2D eigenvalue weighted by Crippen LogP contribution is 1.90. The minimum absolute atomic E-state index is 0.0992. The van der Waals surface area contributed by atoms with Gasteiger partial charge in [0.2, 0.25) is 5.91 Å². The molecule has 1 amide bonds. The number of amides is 1.